The molecule has 26 heavy (non-hydrogen) atoms. The van der Waals surface area contributed by atoms with Crippen molar-refractivity contribution in [3.05, 3.63) is 65.7 Å². The molecule has 3 N–H and O–H groups in total. The van der Waals surface area contributed by atoms with Crippen molar-refractivity contribution < 1.29 is 14.3 Å². The Morgan fingerprint density at radius 3 is 2.58 bits per heavy atom. The SMILES string of the molecule is COCCNC(=O)CNc1cccc(C(=O)NC(C)c2ccccc2)c1. The van der Waals surface area contributed by atoms with Gasteiger partial charge >= 0.3 is 0 Å². The third-order valence-electron chi connectivity index (χ3n) is 3.85. The Kier molecular flexibility index (Phi) is 7.64. The fraction of sp³-hybridized carbons (Fsp3) is 0.300. The number of amides is 2. The second kappa shape index (κ2) is 10.2. The predicted molar refractivity (Wildman–Crippen MR) is 102 cm³/mol. The molecule has 0 fully saturated rings. The number of anilines is 1. The van der Waals surface area contributed by atoms with Crippen LogP contribution in [0.1, 0.15) is 28.9 Å². The van der Waals surface area contributed by atoms with E-state index in [0.29, 0.717) is 24.4 Å². The summed E-state index contributed by atoms with van der Waals surface area (Å²) in [4.78, 5) is 24.2. The highest BCUT2D eigenvalue weighted by Gasteiger charge is 2.11. The lowest BCUT2D eigenvalue weighted by Crippen LogP contribution is -2.32. The molecule has 2 aromatic rings. The average molecular weight is 355 g/mol. The van der Waals surface area contributed by atoms with Gasteiger partial charge < -0.3 is 20.7 Å². The molecule has 2 amide bonds. The van der Waals surface area contributed by atoms with E-state index >= 15 is 0 Å². The van der Waals surface area contributed by atoms with Crippen molar-refractivity contribution in [3.8, 4) is 0 Å². The van der Waals surface area contributed by atoms with E-state index in [4.69, 9.17) is 4.74 Å². The maximum absolute atomic E-state index is 12.5. The zero-order valence-electron chi connectivity index (χ0n) is 15.1. The third kappa shape index (κ3) is 6.22. The van der Waals surface area contributed by atoms with Crippen LogP contribution in [-0.2, 0) is 9.53 Å². The maximum atomic E-state index is 12.5. The number of ether oxygens (including phenoxy) is 1. The van der Waals surface area contributed by atoms with Gasteiger partial charge in [-0.25, -0.2) is 0 Å². The van der Waals surface area contributed by atoms with Gasteiger partial charge in [-0.3, -0.25) is 9.59 Å². The number of carbonyl (C=O) groups excluding carboxylic acids is 2. The van der Waals surface area contributed by atoms with Crippen LogP contribution in [0.4, 0.5) is 5.69 Å². The summed E-state index contributed by atoms with van der Waals surface area (Å²) >= 11 is 0. The molecular formula is C20H25N3O3. The summed E-state index contributed by atoms with van der Waals surface area (Å²) in [6.07, 6.45) is 0. The van der Waals surface area contributed by atoms with Gasteiger partial charge in [0.1, 0.15) is 0 Å². The maximum Gasteiger partial charge on any atom is 0.251 e. The highest BCUT2D eigenvalue weighted by Crippen LogP contribution is 2.14. The predicted octanol–water partition coefficient (Wildman–Crippen LogP) is 2.35. The second-order valence-corrected chi connectivity index (χ2v) is 5.88. The summed E-state index contributed by atoms with van der Waals surface area (Å²) in [7, 11) is 1.58. The van der Waals surface area contributed by atoms with Gasteiger partial charge in [-0.15, -0.1) is 0 Å². The van der Waals surface area contributed by atoms with Crippen molar-refractivity contribution in [3.63, 3.8) is 0 Å². The standard InChI is InChI=1S/C20H25N3O3/c1-15(16-7-4-3-5-8-16)23-20(25)17-9-6-10-18(13-17)22-14-19(24)21-11-12-26-2/h3-10,13,15,22H,11-12,14H2,1-2H3,(H,21,24)(H,23,25). The van der Waals surface area contributed by atoms with E-state index in [1.54, 1.807) is 25.3 Å². The Bertz CT molecular complexity index is 719. The van der Waals surface area contributed by atoms with Crippen molar-refractivity contribution in [2.24, 2.45) is 0 Å². The fourth-order valence-corrected chi connectivity index (χ4v) is 2.41. The molecule has 6 heteroatoms. The largest absolute Gasteiger partial charge is 0.383 e. The Hall–Kier alpha value is -2.86. The average Bonchev–Trinajstić information content (AvgIpc) is 2.67. The minimum Gasteiger partial charge on any atom is -0.383 e. The number of hydrogen-bond acceptors (Lipinski definition) is 4. The van der Waals surface area contributed by atoms with Crippen LogP contribution in [0.3, 0.4) is 0 Å². The molecule has 0 aliphatic rings. The number of nitrogens with one attached hydrogen (secondary N) is 3. The monoisotopic (exact) mass is 355 g/mol. The minimum absolute atomic E-state index is 0.0909. The molecule has 0 spiro atoms. The Balaban J connectivity index is 1.89. The molecule has 0 aromatic heterocycles. The van der Waals surface area contributed by atoms with Crippen LogP contribution in [-0.4, -0.2) is 38.6 Å². The topological polar surface area (TPSA) is 79.5 Å². The number of hydrogen-bond donors (Lipinski definition) is 3. The number of carbonyl (C=O) groups is 2. The second-order valence-electron chi connectivity index (χ2n) is 5.88. The molecule has 1 unspecified atom stereocenters. The normalized spacial score (nSPS) is 11.5. The van der Waals surface area contributed by atoms with Gasteiger partial charge in [0.2, 0.25) is 5.91 Å². The van der Waals surface area contributed by atoms with Gasteiger partial charge in [-0.2, -0.15) is 0 Å². The van der Waals surface area contributed by atoms with E-state index < -0.39 is 0 Å². The lowest BCUT2D eigenvalue weighted by atomic mass is 10.1. The number of rotatable bonds is 9. The van der Waals surface area contributed by atoms with Gasteiger partial charge in [0.15, 0.2) is 0 Å². The summed E-state index contributed by atoms with van der Waals surface area (Å²) in [6.45, 7) is 3.02. The first-order valence-electron chi connectivity index (χ1n) is 8.55. The highest BCUT2D eigenvalue weighted by atomic mass is 16.5. The van der Waals surface area contributed by atoms with Crippen LogP contribution in [0.25, 0.3) is 0 Å². The van der Waals surface area contributed by atoms with Gasteiger partial charge in [-0.1, -0.05) is 36.4 Å². The van der Waals surface area contributed by atoms with Gasteiger partial charge in [0.05, 0.1) is 19.2 Å². The molecule has 0 saturated carbocycles. The molecule has 0 aliphatic carbocycles. The lowest BCUT2D eigenvalue weighted by molar-refractivity contribution is -0.119. The summed E-state index contributed by atoms with van der Waals surface area (Å²) < 4.78 is 4.88. The van der Waals surface area contributed by atoms with E-state index in [-0.39, 0.29) is 24.4 Å². The molecule has 0 saturated heterocycles. The van der Waals surface area contributed by atoms with Crippen molar-refractivity contribution in [2.45, 2.75) is 13.0 Å². The van der Waals surface area contributed by atoms with Crippen LogP contribution < -0.4 is 16.0 Å². The first kappa shape index (κ1) is 19.5. The Labute approximate surface area is 153 Å². The first-order valence-corrected chi connectivity index (χ1v) is 8.55. The lowest BCUT2D eigenvalue weighted by Gasteiger charge is -2.15. The molecule has 0 heterocycles. The molecule has 0 radical (unpaired) electrons. The molecule has 2 rings (SSSR count). The molecule has 1 atom stereocenters. The fourth-order valence-electron chi connectivity index (χ4n) is 2.41. The summed E-state index contributed by atoms with van der Waals surface area (Å²) in [5, 5.41) is 8.73. The van der Waals surface area contributed by atoms with Crippen LogP contribution in [0, 0.1) is 0 Å². The molecule has 0 aliphatic heterocycles. The summed E-state index contributed by atoms with van der Waals surface area (Å²) in [5.74, 6) is -0.288. The highest BCUT2D eigenvalue weighted by molar-refractivity contribution is 5.95. The van der Waals surface area contributed by atoms with Gasteiger partial charge in [-0.05, 0) is 30.7 Å². The third-order valence-corrected chi connectivity index (χ3v) is 3.85. The minimum atomic E-state index is -0.158. The van der Waals surface area contributed by atoms with E-state index in [0.717, 1.165) is 5.56 Å². The van der Waals surface area contributed by atoms with Gasteiger partial charge in [0, 0.05) is 24.9 Å². The summed E-state index contributed by atoms with van der Waals surface area (Å²) in [6, 6.07) is 16.8. The van der Waals surface area contributed by atoms with Crippen molar-refractivity contribution >= 4 is 17.5 Å². The van der Waals surface area contributed by atoms with Crippen LogP contribution in [0.5, 0.6) is 0 Å². The molecular weight excluding hydrogens is 330 g/mol. The Morgan fingerprint density at radius 1 is 1.08 bits per heavy atom. The molecule has 6 nitrogen and oxygen atoms in total. The quantitative estimate of drug-likeness (QED) is 0.603. The summed E-state index contributed by atoms with van der Waals surface area (Å²) in [5.41, 5.74) is 2.30. The van der Waals surface area contributed by atoms with Crippen LogP contribution in [0.2, 0.25) is 0 Å². The number of methoxy groups -OCH3 is 1. The molecule has 138 valence electrons. The molecule has 2 aromatic carbocycles. The zero-order valence-corrected chi connectivity index (χ0v) is 15.1. The van der Waals surface area contributed by atoms with E-state index in [9.17, 15) is 9.59 Å². The Morgan fingerprint density at radius 2 is 1.85 bits per heavy atom. The van der Waals surface area contributed by atoms with E-state index in [1.165, 1.54) is 0 Å². The smallest absolute Gasteiger partial charge is 0.251 e. The zero-order chi connectivity index (χ0) is 18.8. The van der Waals surface area contributed by atoms with Crippen LogP contribution in [0.15, 0.2) is 54.6 Å². The van der Waals surface area contributed by atoms with E-state index in [1.807, 2.05) is 43.3 Å². The van der Waals surface area contributed by atoms with Crippen molar-refractivity contribution in [1.29, 1.82) is 0 Å². The van der Waals surface area contributed by atoms with E-state index in [2.05, 4.69) is 16.0 Å². The van der Waals surface area contributed by atoms with Crippen molar-refractivity contribution in [2.75, 3.05) is 32.1 Å². The first-order chi connectivity index (χ1) is 12.6. The van der Waals surface area contributed by atoms with Gasteiger partial charge in [0.25, 0.3) is 5.91 Å². The number of benzene rings is 2. The molecule has 0 bridgehead atoms. The van der Waals surface area contributed by atoms with Crippen LogP contribution >= 0.6 is 0 Å². The van der Waals surface area contributed by atoms with Crippen molar-refractivity contribution in [1.82, 2.24) is 10.6 Å².